The van der Waals surface area contributed by atoms with E-state index in [1.54, 1.807) is 11.3 Å². The van der Waals surface area contributed by atoms with E-state index < -0.39 is 4.92 Å². The van der Waals surface area contributed by atoms with Crippen molar-refractivity contribution in [2.75, 3.05) is 5.32 Å². The molecule has 0 aliphatic rings. The van der Waals surface area contributed by atoms with Crippen LogP contribution >= 0.6 is 22.9 Å². The Morgan fingerprint density at radius 2 is 2.30 bits per heavy atom. The van der Waals surface area contributed by atoms with Crippen LogP contribution in [0.5, 0.6) is 0 Å². The number of aromatic nitrogens is 2. The highest BCUT2D eigenvalue weighted by Crippen LogP contribution is 2.29. The third-order valence-electron chi connectivity index (χ3n) is 2.68. The summed E-state index contributed by atoms with van der Waals surface area (Å²) in [6.07, 6.45) is 2.73. The van der Waals surface area contributed by atoms with E-state index in [1.165, 1.54) is 17.0 Å². The summed E-state index contributed by atoms with van der Waals surface area (Å²) in [5.74, 6) is 0.156. The number of halogens is 1. The lowest BCUT2D eigenvalue weighted by molar-refractivity contribution is -0.384. The first-order chi connectivity index (χ1) is 9.51. The van der Waals surface area contributed by atoms with Crippen molar-refractivity contribution in [1.29, 1.82) is 0 Å². The molecule has 0 aliphatic heterocycles. The molecule has 6 nitrogen and oxygen atoms in total. The van der Waals surface area contributed by atoms with Crippen molar-refractivity contribution in [2.45, 2.75) is 26.3 Å². The van der Waals surface area contributed by atoms with E-state index >= 15 is 0 Å². The van der Waals surface area contributed by atoms with Gasteiger partial charge < -0.3 is 5.32 Å². The molecule has 0 amide bonds. The van der Waals surface area contributed by atoms with Gasteiger partial charge in [-0.05, 0) is 19.4 Å². The molecule has 2 aromatic heterocycles. The fourth-order valence-electron chi connectivity index (χ4n) is 1.63. The summed E-state index contributed by atoms with van der Waals surface area (Å²) in [5.41, 5.74) is -0.103. The molecule has 2 rings (SSSR count). The van der Waals surface area contributed by atoms with Crippen LogP contribution in [0.15, 0.2) is 18.3 Å². The second-order valence-corrected chi connectivity index (χ2v) is 5.68. The summed E-state index contributed by atoms with van der Waals surface area (Å²) in [4.78, 5) is 19.9. The summed E-state index contributed by atoms with van der Waals surface area (Å²) in [5, 5.41) is 15.0. The van der Waals surface area contributed by atoms with Crippen LogP contribution in [0.25, 0.3) is 0 Å². The van der Waals surface area contributed by atoms with E-state index in [4.69, 9.17) is 11.6 Å². The van der Waals surface area contributed by atoms with Crippen LogP contribution in [-0.2, 0) is 6.42 Å². The van der Waals surface area contributed by atoms with Crippen molar-refractivity contribution >= 4 is 34.4 Å². The predicted molar refractivity (Wildman–Crippen MR) is 79.4 cm³/mol. The molecule has 0 radical (unpaired) electrons. The molecule has 0 fully saturated rings. The molecular weight excluding hydrogens is 300 g/mol. The highest BCUT2D eigenvalue weighted by Gasteiger charge is 2.19. The van der Waals surface area contributed by atoms with Crippen molar-refractivity contribution in [3.63, 3.8) is 0 Å². The molecule has 2 aromatic rings. The van der Waals surface area contributed by atoms with Gasteiger partial charge in [-0.1, -0.05) is 18.5 Å². The van der Waals surface area contributed by atoms with Gasteiger partial charge in [-0.2, -0.15) is 0 Å². The number of anilines is 1. The maximum absolute atomic E-state index is 11.0. The van der Waals surface area contributed by atoms with Gasteiger partial charge in [-0.15, -0.1) is 11.3 Å². The van der Waals surface area contributed by atoms with Gasteiger partial charge in [-0.25, -0.2) is 9.97 Å². The summed E-state index contributed by atoms with van der Waals surface area (Å²) >= 11 is 7.37. The molecule has 8 heteroatoms. The minimum absolute atomic E-state index is 0.103. The SMILES string of the molecule is CCc1cnc(C(C)Nc2nc(Cl)ccc2[N+](=O)[O-])s1. The topological polar surface area (TPSA) is 81.0 Å². The maximum atomic E-state index is 11.0. The van der Waals surface area contributed by atoms with E-state index in [2.05, 4.69) is 22.2 Å². The molecule has 0 aromatic carbocycles. The third-order valence-corrected chi connectivity index (χ3v) is 4.22. The second-order valence-electron chi connectivity index (χ2n) is 4.14. The van der Waals surface area contributed by atoms with E-state index in [0.29, 0.717) is 0 Å². The van der Waals surface area contributed by atoms with Crippen LogP contribution in [-0.4, -0.2) is 14.9 Å². The smallest absolute Gasteiger partial charge is 0.311 e. The van der Waals surface area contributed by atoms with Gasteiger partial charge in [0.25, 0.3) is 0 Å². The van der Waals surface area contributed by atoms with Crippen LogP contribution < -0.4 is 5.32 Å². The van der Waals surface area contributed by atoms with E-state index in [-0.39, 0.29) is 22.7 Å². The Labute approximate surface area is 125 Å². The number of aryl methyl sites for hydroxylation is 1. The van der Waals surface area contributed by atoms with Gasteiger partial charge in [0, 0.05) is 17.1 Å². The zero-order chi connectivity index (χ0) is 14.7. The molecule has 1 atom stereocenters. The standard InChI is InChI=1S/C12H13ClN4O2S/c1-3-8-6-14-12(20-8)7(2)15-11-9(17(18)19)4-5-10(13)16-11/h4-7H,3H2,1-2H3,(H,15,16). The number of hydrogen-bond acceptors (Lipinski definition) is 6. The summed E-state index contributed by atoms with van der Waals surface area (Å²) in [6, 6.07) is 2.56. The average Bonchev–Trinajstić information content (AvgIpc) is 2.87. The number of hydrogen-bond donors (Lipinski definition) is 1. The second kappa shape index (κ2) is 6.15. The van der Waals surface area contributed by atoms with Crippen molar-refractivity contribution in [1.82, 2.24) is 9.97 Å². The first kappa shape index (κ1) is 14.7. The summed E-state index contributed by atoms with van der Waals surface area (Å²) < 4.78 is 0. The van der Waals surface area contributed by atoms with Crippen molar-refractivity contribution in [3.05, 3.63) is 43.5 Å². The normalized spacial score (nSPS) is 12.2. The summed E-state index contributed by atoms with van der Waals surface area (Å²) in [7, 11) is 0. The lowest BCUT2D eigenvalue weighted by Gasteiger charge is -2.12. The zero-order valence-corrected chi connectivity index (χ0v) is 12.5. The number of nitro groups is 1. The number of pyridine rings is 1. The molecule has 0 saturated carbocycles. The van der Waals surface area contributed by atoms with Gasteiger partial charge in [0.1, 0.15) is 10.2 Å². The van der Waals surface area contributed by atoms with E-state index in [9.17, 15) is 10.1 Å². The zero-order valence-electron chi connectivity index (χ0n) is 11.0. The van der Waals surface area contributed by atoms with Crippen LogP contribution in [0, 0.1) is 10.1 Å². The Balaban J connectivity index is 2.24. The van der Waals surface area contributed by atoms with Crippen LogP contribution in [0.3, 0.4) is 0 Å². The van der Waals surface area contributed by atoms with Crippen LogP contribution in [0.1, 0.15) is 29.8 Å². The highest BCUT2D eigenvalue weighted by atomic mass is 35.5. The first-order valence-electron chi connectivity index (χ1n) is 6.03. The van der Waals surface area contributed by atoms with Crippen molar-refractivity contribution in [3.8, 4) is 0 Å². The fraction of sp³-hybridized carbons (Fsp3) is 0.333. The van der Waals surface area contributed by atoms with E-state index in [0.717, 1.165) is 11.4 Å². The molecule has 106 valence electrons. The Hall–Kier alpha value is -1.73. The number of rotatable bonds is 5. The Bertz CT molecular complexity index is 632. The van der Waals surface area contributed by atoms with E-state index in [1.807, 2.05) is 13.1 Å². The van der Waals surface area contributed by atoms with Gasteiger partial charge in [0.15, 0.2) is 0 Å². The minimum Gasteiger partial charge on any atom is -0.355 e. The number of nitrogens with zero attached hydrogens (tertiary/aromatic N) is 3. The fourth-order valence-corrected chi connectivity index (χ4v) is 2.64. The molecule has 0 aliphatic carbocycles. The average molecular weight is 313 g/mol. The van der Waals surface area contributed by atoms with Gasteiger partial charge in [0.05, 0.1) is 11.0 Å². The summed E-state index contributed by atoms with van der Waals surface area (Å²) in [6.45, 7) is 3.93. The maximum Gasteiger partial charge on any atom is 0.311 e. The Morgan fingerprint density at radius 3 is 2.90 bits per heavy atom. The number of nitrogens with one attached hydrogen (secondary N) is 1. The molecule has 20 heavy (non-hydrogen) atoms. The molecule has 0 saturated heterocycles. The molecular formula is C12H13ClN4O2S. The van der Waals surface area contributed by atoms with Crippen LogP contribution in [0.2, 0.25) is 5.15 Å². The third kappa shape index (κ3) is 3.23. The first-order valence-corrected chi connectivity index (χ1v) is 7.22. The molecule has 0 spiro atoms. The quantitative estimate of drug-likeness (QED) is 0.515. The molecule has 1 unspecified atom stereocenters. The molecule has 1 N–H and O–H groups in total. The molecule has 0 bridgehead atoms. The lowest BCUT2D eigenvalue weighted by atomic mass is 10.3. The minimum atomic E-state index is -0.488. The monoisotopic (exact) mass is 312 g/mol. The van der Waals surface area contributed by atoms with Gasteiger partial charge in [0.2, 0.25) is 5.82 Å². The van der Waals surface area contributed by atoms with Gasteiger partial charge >= 0.3 is 5.69 Å². The molecule has 2 heterocycles. The van der Waals surface area contributed by atoms with Crippen molar-refractivity contribution in [2.24, 2.45) is 0 Å². The van der Waals surface area contributed by atoms with Crippen molar-refractivity contribution < 1.29 is 4.92 Å². The largest absolute Gasteiger partial charge is 0.355 e. The Morgan fingerprint density at radius 1 is 1.55 bits per heavy atom. The lowest BCUT2D eigenvalue weighted by Crippen LogP contribution is -2.09. The number of thiazole rings is 1. The highest BCUT2D eigenvalue weighted by molar-refractivity contribution is 7.11. The van der Waals surface area contributed by atoms with Gasteiger partial charge in [-0.3, -0.25) is 10.1 Å². The predicted octanol–water partition coefficient (Wildman–Crippen LogP) is 3.84. The van der Waals surface area contributed by atoms with Crippen LogP contribution in [0.4, 0.5) is 11.5 Å². The Kier molecular flexibility index (Phi) is 4.51.